The standard InChI is InChI=1S/2C3H5.Zn/c2*1-2-3-1;/h2*1H,2-3H2;. The third-order valence-electron chi connectivity index (χ3n) is 2.06. The zero-order chi connectivity index (χ0) is 4.69. The van der Waals surface area contributed by atoms with E-state index >= 15 is 0 Å². The monoisotopic (exact) mass is 146 g/mol. The maximum absolute atomic E-state index is 1.64. The van der Waals surface area contributed by atoms with Crippen LogP contribution in [0.25, 0.3) is 0 Å². The number of hydrogen-bond donors (Lipinski definition) is 0. The summed E-state index contributed by atoms with van der Waals surface area (Å²) in [4.78, 5) is 0. The summed E-state index contributed by atoms with van der Waals surface area (Å²) in [7, 11) is 0. The van der Waals surface area contributed by atoms with Crippen LogP contribution in [0.4, 0.5) is 0 Å². The molecular formula is C6H10Zn. The van der Waals surface area contributed by atoms with Crippen LogP contribution in [0.15, 0.2) is 0 Å². The molecule has 0 nitrogen and oxygen atoms in total. The van der Waals surface area contributed by atoms with Gasteiger partial charge in [0, 0.05) is 0 Å². The molecule has 0 aromatic carbocycles. The van der Waals surface area contributed by atoms with Gasteiger partial charge in [-0.05, 0) is 0 Å². The van der Waals surface area contributed by atoms with Gasteiger partial charge >= 0.3 is 51.8 Å². The van der Waals surface area contributed by atoms with E-state index in [1.54, 1.807) is 25.7 Å². The summed E-state index contributed by atoms with van der Waals surface area (Å²) >= 11 is 0.125. The van der Waals surface area contributed by atoms with Gasteiger partial charge in [-0.15, -0.1) is 0 Å². The molecule has 2 rings (SSSR count). The fourth-order valence-electron chi connectivity index (χ4n) is 1.18. The molecule has 0 unspecified atom stereocenters. The van der Waals surface area contributed by atoms with Gasteiger partial charge in [0.25, 0.3) is 0 Å². The van der Waals surface area contributed by atoms with Gasteiger partial charge in [0.05, 0.1) is 0 Å². The van der Waals surface area contributed by atoms with Crippen molar-refractivity contribution in [3.8, 4) is 0 Å². The van der Waals surface area contributed by atoms with Crippen molar-refractivity contribution in [2.45, 2.75) is 34.7 Å². The summed E-state index contributed by atoms with van der Waals surface area (Å²) in [5, 5.41) is 0. The molecule has 0 atom stereocenters. The molecule has 0 saturated heterocycles. The second-order valence-corrected chi connectivity index (χ2v) is 8.96. The van der Waals surface area contributed by atoms with Crippen LogP contribution in [0.3, 0.4) is 0 Å². The first-order valence-corrected chi connectivity index (χ1v) is 6.88. The normalized spacial score (nSPS) is 29.7. The summed E-state index contributed by atoms with van der Waals surface area (Å²) in [6.45, 7) is 0. The molecule has 2 fully saturated rings. The summed E-state index contributed by atoms with van der Waals surface area (Å²) in [5.74, 6) is 0. The van der Waals surface area contributed by atoms with Gasteiger partial charge in [-0.2, -0.15) is 0 Å². The molecule has 0 N–H and O–H groups in total. The minimum absolute atomic E-state index is 0.125. The first-order chi connectivity index (χ1) is 3.45. The minimum atomic E-state index is 0.125. The summed E-state index contributed by atoms with van der Waals surface area (Å²) in [5.41, 5.74) is 0. The van der Waals surface area contributed by atoms with Gasteiger partial charge in [-0.1, -0.05) is 0 Å². The third-order valence-corrected chi connectivity index (χ3v) is 8.28. The Morgan fingerprint density at radius 3 is 1.57 bits per heavy atom. The van der Waals surface area contributed by atoms with E-state index in [1.165, 1.54) is 9.02 Å². The molecule has 2 aliphatic carbocycles. The maximum atomic E-state index is 1.64. The Balaban J connectivity index is 1.69. The molecule has 1 heteroatoms. The fraction of sp³-hybridized carbons (Fsp3) is 1.00. The Kier molecular flexibility index (Phi) is 0.996. The second-order valence-electron chi connectivity index (χ2n) is 3.12. The molecule has 7 heavy (non-hydrogen) atoms. The molecule has 0 aromatic heterocycles. The van der Waals surface area contributed by atoms with Crippen LogP contribution < -0.4 is 0 Å². The molecule has 0 heterocycles. The van der Waals surface area contributed by atoms with Crippen LogP contribution in [0.1, 0.15) is 25.7 Å². The van der Waals surface area contributed by atoms with E-state index in [1.807, 2.05) is 0 Å². The number of hydrogen-bond acceptors (Lipinski definition) is 0. The molecule has 2 aliphatic rings. The molecular weight excluding hydrogens is 137 g/mol. The SMILES string of the molecule is C1C[CH]1[Zn][CH]1CC1. The van der Waals surface area contributed by atoms with Gasteiger partial charge in [-0.25, -0.2) is 0 Å². The predicted molar refractivity (Wildman–Crippen MR) is 26.0 cm³/mol. The summed E-state index contributed by atoms with van der Waals surface area (Å²) < 4.78 is 2.75. The van der Waals surface area contributed by atoms with Crippen LogP contribution in [0.5, 0.6) is 0 Å². The molecule has 0 amide bonds. The Morgan fingerprint density at radius 2 is 1.29 bits per heavy atom. The topological polar surface area (TPSA) is 0 Å². The van der Waals surface area contributed by atoms with Crippen molar-refractivity contribution in [1.82, 2.24) is 0 Å². The second kappa shape index (κ2) is 1.55. The van der Waals surface area contributed by atoms with Gasteiger partial charge in [0.2, 0.25) is 0 Å². The van der Waals surface area contributed by atoms with Crippen molar-refractivity contribution >= 4 is 0 Å². The zero-order valence-electron chi connectivity index (χ0n) is 4.69. The number of rotatable bonds is 2. The van der Waals surface area contributed by atoms with E-state index in [9.17, 15) is 0 Å². The molecule has 0 bridgehead atoms. The van der Waals surface area contributed by atoms with Crippen LogP contribution in [0, 0.1) is 0 Å². The fourth-order valence-corrected chi connectivity index (χ4v) is 6.12. The Bertz CT molecular complexity index is 62.2. The van der Waals surface area contributed by atoms with Crippen molar-refractivity contribution in [1.29, 1.82) is 0 Å². The Morgan fingerprint density at radius 1 is 0.857 bits per heavy atom. The van der Waals surface area contributed by atoms with Gasteiger partial charge < -0.3 is 0 Å². The molecule has 0 aliphatic heterocycles. The molecule has 0 aromatic rings. The third kappa shape index (κ3) is 1.25. The van der Waals surface area contributed by atoms with Crippen LogP contribution >= 0.6 is 0 Å². The zero-order valence-corrected chi connectivity index (χ0v) is 7.66. The van der Waals surface area contributed by atoms with Crippen LogP contribution in [0.2, 0.25) is 9.02 Å². The van der Waals surface area contributed by atoms with Crippen molar-refractivity contribution in [2.24, 2.45) is 0 Å². The van der Waals surface area contributed by atoms with Crippen molar-refractivity contribution < 1.29 is 17.1 Å². The Hall–Kier alpha value is 0.623. The van der Waals surface area contributed by atoms with E-state index in [-0.39, 0.29) is 17.1 Å². The van der Waals surface area contributed by atoms with E-state index in [0.717, 1.165) is 0 Å². The first kappa shape index (κ1) is 4.50. The van der Waals surface area contributed by atoms with Gasteiger partial charge in [-0.3, -0.25) is 0 Å². The van der Waals surface area contributed by atoms with E-state index < -0.39 is 0 Å². The average molecular weight is 148 g/mol. The summed E-state index contributed by atoms with van der Waals surface area (Å²) in [6, 6.07) is 0. The molecule has 0 spiro atoms. The van der Waals surface area contributed by atoms with Crippen molar-refractivity contribution in [2.75, 3.05) is 0 Å². The van der Waals surface area contributed by atoms with Crippen LogP contribution in [-0.4, -0.2) is 0 Å². The van der Waals surface area contributed by atoms with Crippen molar-refractivity contribution in [3.63, 3.8) is 0 Å². The molecule has 2 saturated carbocycles. The van der Waals surface area contributed by atoms with Crippen molar-refractivity contribution in [3.05, 3.63) is 0 Å². The van der Waals surface area contributed by atoms with Gasteiger partial charge in [0.15, 0.2) is 0 Å². The quantitative estimate of drug-likeness (QED) is 0.526. The Labute approximate surface area is 52.3 Å². The van der Waals surface area contributed by atoms with Gasteiger partial charge in [0.1, 0.15) is 0 Å². The van der Waals surface area contributed by atoms with Crippen LogP contribution in [-0.2, 0) is 17.1 Å². The van der Waals surface area contributed by atoms with E-state index in [2.05, 4.69) is 0 Å². The van der Waals surface area contributed by atoms with E-state index in [0.29, 0.717) is 0 Å². The molecule has 0 radical (unpaired) electrons. The predicted octanol–water partition coefficient (Wildman–Crippen LogP) is 2.23. The first-order valence-electron chi connectivity index (χ1n) is 3.45. The average Bonchev–Trinajstić information content (AvgIpc) is 2.33. The summed E-state index contributed by atoms with van der Waals surface area (Å²) in [6.07, 6.45) is 6.54. The van der Waals surface area contributed by atoms with E-state index in [4.69, 9.17) is 0 Å². The molecule has 36 valence electrons.